The maximum absolute atomic E-state index is 8.95. The van der Waals surface area contributed by atoms with Gasteiger partial charge in [0, 0.05) is 25.1 Å². The number of nitrogens with zero attached hydrogens (tertiary/aromatic N) is 2. The number of rotatable bonds is 4. The van der Waals surface area contributed by atoms with Gasteiger partial charge in [-0.05, 0) is 76.2 Å². The Hall–Kier alpha value is -3.39. The number of aromatic nitrogens is 2. The topological polar surface area (TPSA) is 8.81 Å². The fraction of sp³-hybridized carbons (Fsp3) is 0.343. The van der Waals surface area contributed by atoms with Crippen LogP contribution >= 0.6 is 0 Å². The van der Waals surface area contributed by atoms with E-state index in [0.29, 0.717) is 0 Å². The van der Waals surface area contributed by atoms with E-state index in [4.69, 9.17) is 2.74 Å². The molecular weight excluding hydrogens is 448 g/mol. The molecule has 2 heteroatoms. The average molecular weight is 492 g/mol. The van der Waals surface area contributed by atoms with E-state index in [1.54, 1.807) is 0 Å². The predicted molar refractivity (Wildman–Crippen MR) is 159 cm³/mol. The predicted octanol–water partition coefficient (Wildman–Crippen LogP) is 9.13. The quantitative estimate of drug-likeness (QED) is 0.222. The first-order valence-electron chi connectivity index (χ1n) is 14.3. The molecule has 0 fully saturated rings. The lowest BCUT2D eigenvalue weighted by Crippen LogP contribution is -2.33. The molecule has 3 aromatic carbocycles. The van der Waals surface area contributed by atoms with Crippen molar-refractivity contribution < 1.29 is 7.31 Å². The van der Waals surface area contributed by atoms with Crippen LogP contribution in [0, 0.1) is 6.92 Å². The minimum Gasteiger partial charge on any atom is -0.237 e. The molecule has 0 bridgehead atoms. The molecule has 0 aliphatic rings. The molecule has 37 heavy (non-hydrogen) atoms. The van der Waals surface area contributed by atoms with E-state index in [0.717, 1.165) is 28.1 Å². The van der Waals surface area contributed by atoms with Crippen LogP contribution in [-0.4, -0.2) is 4.57 Å². The van der Waals surface area contributed by atoms with E-state index in [1.807, 2.05) is 45.9 Å². The third-order valence-corrected chi connectivity index (χ3v) is 7.68. The number of hydrogen-bond acceptors (Lipinski definition) is 0. The molecule has 2 nitrogen and oxygen atoms in total. The van der Waals surface area contributed by atoms with Gasteiger partial charge in [0.15, 0.2) is 0 Å². The Balaban J connectivity index is 1.91. The van der Waals surface area contributed by atoms with Crippen molar-refractivity contribution in [3.63, 3.8) is 0 Å². The number of hydrogen-bond donors (Lipinski definition) is 0. The van der Waals surface area contributed by atoms with Crippen LogP contribution in [0.2, 0.25) is 0 Å². The monoisotopic (exact) mass is 491 g/mol. The summed E-state index contributed by atoms with van der Waals surface area (Å²) in [4.78, 5) is 0. The highest BCUT2D eigenvalue weighted by atomic mass is 15.1. The Morgan fingerprint density at radius 1 is 0.811 bits per heavy atom. The Bertz CT molecular complexity index is 1690. The van der Waals surface area contributed by atoms with Crippen LogP contribution in [-0.2, 0) is 12.5 Å². The van der Waals surface area contributed by atoms with Crippen LogP contribution < -0.4 is 4.57 Å². The van der Waals surface area contributed by atoms with Gasteiger partial charge in [-0.1, -0.05) is 84.9 Å². The van der Waals surface area contributed by atoms with Gasteiger partial charge in [-0.3, -0.25) is 0 Å². The summed E-state index contributed by atoms with van der Waals surface area (Å²) in [6, 6.07) is 23.7. The maximum atomic E-state index is 8.95. The van der Waals surface area contributed by atoms with Crippen LogP contribution in [0.5, 0.6) is 0 Å². The van der Waals surface area contributed by atoms with Crippen molar-refractivity contribution >= 4 is 21.8 Å². The van der Waals surface area contributed by atoms with Crippen LogP contribution in [0.25, 0.3) is 38.8 Å². The molecule has 0 aliphatic carbocycles. The van der Waals surface area contributed by atoms with Crippen molar-refractivity contribution in [1.82, 2.24) is 4.57 Å². The largest absolute Gasteiger partial charge is 0.287 e. The minimum atomic E-state index is -0.806. The van der Waals surface area contributed by atoms with Gasteiger partial charge in [0.2, 0.25) is 0 Å². The number of aryl methyl sites for hydroxylation is 2. The van der Waals surface area contributed by atoms with Gasteiger partial charge in [0.1, 0.15) is 11.0 Å². The summed E-state index contributed by atoms with van der Waals surface area (Å²) >= 11 is 0. The standard InChI is InChI=1S/C35H41N2/c1-22(2)26-14-12-15-27(23(3)4)33(26)25-19-20-36(9)32(21-25)37-31-16-11-10-13-28(31)29-17-18-30(35(6,7)8)24(5)34(29)37/h10-23H,1-9H3/q+1/i22D,23D. The van der Waals surface area contributed by atoms with Crippen molar-refractivity contribution in [1.29, 1.82) is 0 Å². The Kier molecular flexibility index (Phi) is 5.65. The molecule has 190 valence electrons. The zero-order chi connectivity index (χ0) is 28.5. The number of benzene rings is 3. The minimum absolute atomic E-state index is 0.0247. The van der Waals surface area contributed by atoms with Crippen molar-refractivity contribution in [2.45, 2.75) is 72.6 Å². The first kappa shape index (κ1) is 22.8. The second-order valence-electron chi connectivity index (χ2n) is 11.8. The van der Waals surface area contributed by atoms with Crippen molar-refractivity contribution in [3.8, 4) is 16.9 Å². The second kappa shape index (κ2) is 9.17. The number of pyridine rings is 1. The van der Waals surface area contributed by atoms with Crippen LogP contribution in [0.4, 0.5) is 0 Å². The lowest BCUT2D eigenvalue weighted by Gasteiger charge is -2.22. The summed E-state index contributed by atoms with van der Waals surface area (Å²) in [6.07, 6.45) is 2.11. The van der Waals surface area contributed by atoms with E-state index in [9.17, 15) is 0 Å². The van der Waals surface area contributed by atoms with E-state index in [2.05, 4.69) is 98.6 Å². The van der Waals surface area contributed by atoms with Crippen molar-refractivity contribution in [2.75, 3.05) is 0 Å². The summed E-state index contributed by atoms with van der Waals surface area (Å²) in [7, 11) is 2.10. The van der Waals surface area contributed by atoms with E-state index >= 15 is 0 Å². The highest BCUT2D eigenvalue weighted by molar-refractivity contribution is 6.10. The zero-order valence-corrected chi connectivity index (χ0v) is 23.8. The highest BCUT2D eigenvalue weighted by Gasteiger charge is 2.27. The summed E-state index contributed by atoms with van der Waals surface area (Å²) in [5, 5.41) is 2.49. The molecule has 5 rings (SSSR count). The molecule has 0 unspecified atom stereocenters. The molecule has 0 saturated carbocycles. The second-order valence-corrected chi connectivity index (χ2v) is 11.8. The van der Waals surface area contributed by atoms with Crippen molar-refractivity contribution in [2.24, 2.45) is 7.05 Å². The van der Waals surface area contributed by atoms with E-state index in [-0.39, 0.29) is 5.41 Å². The SMILES string of the molecule is [2H]C(C)(C)c1cccc(C([2H])(C)C)c1-c1cc[n+](C)c(-n2c3ccccc3c3ccc(C(C)(C)C)c(C)c32)c1. The van der Waals surface area contributed by atoms with Gasteiger partial charge in [0.05, 0.1) is 13.2 Å². The lowest BCUT2D eigenvalue weighted by molar-refractivity contribution is -0.665. The van der Waals surface area contributed by atoms with E-state index < -0.39 is 11.8 Å². The third kappa shape index (κ3) is 4.17. The first-order valence-corrected chi connectivity index (χ1v) is 13.3. The van der Waals surface area contributed by atoms with Gasteiger partial charge in [0.25, 0.3) is 5.82 Å². The third-order valence-electron chi connectivity index (χ3n) is 7.68. The van der Waals surface area contributed by atoms with Crippen molar-refractivity contribution in [3.05, 3.63) is 95.2 Å². The number of fused-ring (bicyclic) bond motifs is 3. The summed E-state index contributed by atoms with van der Waals surface area (Å²) < 4.78 is 22.5. The maximum Gasteiger partial charge on any atom is 0.287 e. The molecular formula is C35H41N2+. The summed E-state index contributed by atoms with van der Waals surface area (Å²) in [5.74, 6) is -0.557. The van der Waals surface area contributed by atoms with Gasteiger partial charge in [-0.15, -0.1) is 0 Å². The molecule has 0 aliphatic heterocycles. The fourth-order valence-corrected chi connectivity index (χ4v) is 5.90. The van der Waals surface area contributed by atoms with Gasteiger partial charge in [-0.25, -0.2) is 4.57 Å². The number of para-hydroxylation sites is 1. The molecule has 0 N–H and O–H groups in total. The summed E-state index contributed by atoms with van der Waals surface area (Å²) in [6.45, 7) is 16.8. The molecule has 5 aromatic rings. The fourth-order valence-electron chi connectivity index (χ4n) is 5.90. The molecule has 2 heterocycles. The Morgan fingerprint density at radius 2 is 1.46 bits per heavy atom. The van der Waals surface area contributed by atoms with Gasteiger partial charge < -0.3 is 0 Å². The van der Waals surface area contributed by atoms with Crippen LogP contribution in [0.15, 0.2) is 72.9 Å². The molecule has 2 aromatic heterocycles. The van der Waals surface area contributed by atoms with E-state index in [1.165, 1.54) is 32.9 Å². The van der Waals surface area contributed by atoms with Gasteiger partial charge in [-0.2, -0.15) is 4.57 Å². The smallest absolute Gasteiger partial charge is 0.237 e. The molecule has 0 saturated heterocycles. The average Bonchev–Trinajstić information content (AvgIpc) is 3.17. The van der Waals surface area contributed by atoms with Crippen LogP contribution in [0.1, 0.15) is 85.2 Å². The highest BCUT2D eigenvalue weighted by Crippen LogP contribution is 2.40. The summed E-state index contributed by atoms with van der Waals surface area (Å²) in [5.41, 5.74) is 8.96. The Labute approximate surface area is 225 Å². The normalized spacial score (nSPS) is 13.8. The molecule has 0 atom stereocenters. The first-order chi connectivity index (χ1) is 18.1. The Morgan fingerprint density at radius 3 is 2.08 bits per heavy atom. The molecule has 0 spiro atoms. The lowest BCUT2D eigenvalue weighted by atomic mass is 9.83. The molecule has 0 amide bonds. The van der Waals surface area contributed by atoms with Gasteiger partial charge >= 0.3 is 0 Å². The van der Waals surface area contributed by atoms with Crippen LogP contribution in [0.3, 0.4) is 0 Å². The molecule has 0 radical (unpaired) electrons. The zero-order valence-electron chi connectivity index (χ0n) is 25.8.